The van der Waals surface area contributed by atoms with Crippen LogP contribution in [0.1, 0.15) is 5.69 Å². The molecule has 7 heteroatoms. The van der Waals surface area contributed by atoms with Crippen LogP contribution < -0.4 is 0 Å². The van der Waals surface area contributed by atoms with Crippen molar-refractivity contribution in [1.29, 1.82) is 0 Å². The molecule has 0 saturated carbocycles. The molecule has 0 N–H and O–H groups in total. The Labute approximate surface area is 110 Å². The van der Waals surface area contributed by atoms with E-state index in [0.717, 1.165) is 12.1 Å². The minimum absolute atomic E-state index is 0.0825. The molecule has 102 valence electrons. The zero-order valence-corrected chi connectivity index (χ0v) is 9.89. The number of aromatic nitrogens is 3. The summed E-state index contributed by atoms with van der Waals surface area (Å²) < 4.78 is 53.4. The van der Waals surface area contributed by atoms with Crippen LogP contribution in [0.25, 0.3) is 16.9 Å². The number of hydrogen-bond donors (Lipinski definition) is 0. The summed E-state index contributed by atoms with van der Waals surface area (Å²) >= 11 is 0. The summed E-state index contributed by atoms with van der Waals surface area (Å²) in [5.74, 6) is -0.516. The average Bonchev–Trinajstić information content (AvgIpc) is 2.79. The highest BCUT2D eigenvalue weighted by atomic mass is 19.4. The lowest BCUT2D eigenvalue weighted by atomic mass is 10.1. The monoisotopic (exact) mass is 281 g/mol. The van der Waals surface area contributed by atoms with Crippen LogP contribution in [-0.2, 0) is 6.18 Å². The smallest absolute Gasteiger partial charge is 0.296 e. The Balaban J connectivity index is 2.34. The molecule has 2 aromatic heterocycles. The Hall–Kier alpha value is -2.44. The van der Waals surface area contributed by atoms with Crippen LogP contribution in [0.5, 0.6) is 0 Å². The van der Waals surface area contributed by atoms with Gasteiger partial charge in [0.1, 0.15) is 5.82 Å². The number of hydrogen-bond acceptors (Lipinski definition) is 2. The van der Waals surface area contributed by atoms with Gasteiger partial charge in [0.15, 0.2) is 11.3 Å². The van der Waals surface area contributed by atoms with Gasteiger partial charge < -0.3 is 0 Å². The van der Waals surface area contributed by atoms with Crippen LogP contribution in [0.15, 0.2) is 42.9 Å². The Morgan fingerprint density at radius 3 is 2.40 bits per heavy atom. The van der Waals surface area contributed by atoms with Gasteiger partial charge in [0.2, 0.25) is 0 Å². The molecule has 0 aliphatic carbocycles. The predicted molar refractivity (Wildman–Crippen MR) is 63.4 cm³/mol. The van der Waals surface area contributed by atoms with Crippen LogP contribution in [0.3, 0.4) is 0 Å². The lowest BCUT2D eigenvalue weighted by Crippen LogP contribution is -2.07. The first kappa shape index (κ1) is 12.6. The maximum atomic E-state index is 13.1. The van der Waals surface area contributed by atoms with Crippen molar-refractivity contribution in [2.45, 2.75) is 6.18 Å². The molecule has 0 spiro atoms. The van der Waals surface area contributed by atoms with E-state index >= 15 is 0 Å². The van der Waals surface area contributed by atoms with Gasteiger partial charge >= 0.3 is 6.18 Å². The van der Waals surface area contributed by atoms with E-state index in [1.165, 1.54) is 35.1 Å². The Morgan fingerprint density at radius 2 is 1.75 bits per heavy atom. The maximum absolute atomic E-state index is 13.1. The molecule has 0 radical (unpaired) electrons. The molecule has 0 aliphatic heterocycles. The fraction of sp³-hybridized carbons (Fsp3) is 0.0769. The summed E-state index contributed by atoms with van der Waals surface area (Å²) in [5, 5.41) is 0. The second kappa shape index (κ2) is 4.29. The first-order valence-electron chi connectivity index (χ1n) is 5.62. The lowest BCUT2D eigenvalue weighted by molar-refractivity contribution is -0.140. The number of nitrogens with zero attached hydrogens (tertiary/aromatic N) is 3. The van der Waals surface area contributed by atoms with Crippen molar-refractivity contribution in [2.24, 2.45) is 0 Å². The molecule has 3 nitrogen and oxygen atoms in total. The number of rotatable bonds is 1. The van der Waals surface area contributed by atoms with Crippen LogP contribution in [0.2, 0.25) is 0 Å². The van der Waals surface area contributed by atoms with Gasteiger partial charge in [-0.3, -0.25) is 9.38 Å². The second-order valence-corrected chi connectivity index (χ2v) is 4.12. The van der Waals surface area contributed by atoms with E-state index in [-0.39, 0.29) is 16.9 Å². The molecule has 0 unspecified atom stereocenters. The maximum Gasteiger partial charge on any atom is 0.435 e. The van der Waals surface area contributed by atoms with Gasteiger partial charge in [0.05, 0.1) is 11.9 Å². The number of fused-ring (bicyclic) bond motifs is 1. The summed E-state index contributed by atoms with van der Waals surface area (Å²) in [6, 6.07) is 4.79. The molecule has 0 atom stereocenters. The van der Waals surface area contributed by atoms with E-state index in [1.807, 2.05) is 0 Å². The molecule has 20 heavy (non-hydrogen) atoms. The van der Waals surface area contributed by atoms with E-state index in [2.05, 4.69) is 9.97 Å². The van der Waals surface area contributed by atoms with E-state index < -0.39 is 17.7 Å². The molecule has 3 rings (SSSR count). The van der Waals surface area contributed by atoms with Crippen molar-refractivity contribution in [1.82, 2.24) is 14.4 Å². The third-order valence-electron chi connectivity index (χ3n) is 2.82. The predicted octanol–water partition coefficient (Wildman–Crippen LogP) is 3.55. The van der Waals surface area contributed by atoms with Crippen molar-refractivity contribution in [3.8, 4) is 11.3 Å². The number of halogens is 4. The summed E-state index contributed by atoms with van der Waals surface area (Å²) in [4.78, 5) is 7.31. The summed E-state index contributed by atoms with van der Waals surface area (Å²) in [6.45, 7) is 0. The standard InChI is InChI=1S/C13H7F4N3/c14-9-3-1-8(2-4-9)11-12(13(15,16)17)19-10-7-18-5-6-20(10)11/h1-7H. The third kappa shape index (κ3) is 2.01. The Bertz CT molecular complexity index is 759. The minimum Gasteiger partial charge on any atom is -0.296 e. The molecular formula is C13H7F4N3. The third-order valence-corrected chi connectivity index (χ3v) is 2.82. The molecule has 0 amide bonds. The number of imidazole rings is 1. The van der Waals surface area contributed by atoms with Gasteiger partial charge in [0, 0.05) is 18.0 Å². The van der Waals surface area contributed by atoms with E-state index in [4.69, 9.17) is 0 Å². The molecule has 0 aliphatic rings. The van der Waals surface area contributed by atoms with E-state index in [1.54, 1.807) is 0 Å². The van der Waals surface area contributed by atoms with Crippen LogP contribution in [-0.4, -0.2) is 14.4 Å². The van der Waals surface area contributed by atoms with Gasteiger partial charge in [-0.1, -0.05) is 0 Å². The molecule has 3 aromatic rings. The van der Waals surface area contributed by atoms with Crippen molar-refractivity contribution >= 4 is 5.65 Å². The SMILES string of the molecule is Fc1ccc(-c2c(C(F)(F)F)nc3cnccn23)cc1. The second-order valence-electron chi connectivity index (χ2n) is 4.12. The Kier molecular flexibility index (Phi) is 2.70. The highest BCUT2D eigenvalue weighted by molar-refractivity contribution is 5.67. The zero-order chi connectivity index (χ0) is 14.3. The van der Waals surface area contributed by atoms with Crippen molar-refractivity contribution in [3.05, 3.63) is 54.4 Å². The molecule has 0 saturated heterocycles. The molecule has 2 heterocycles. The highest BCUT2D eigenvalue weighted by Gasteiger charge is 2.38. The number of benzene rings is 1. The average molecular weight is 281 g/mol. The first-order valence-corrected chi connectivity index (χ1v) is 5.62. The minimum atomic E-state index is -4.60. The van der Waals surface area contributed by atoms with Crippen molar-refractivity contribution < 1.29 is 17.6 Å². The quantitative estimate of drug-likeness (QED) is 0.638. The molecule has 0 bridgehead atoms. The normalized spacial score (nSPS) is 12.0. The van der Waals surface area contributed by atoms with Gasteiger partial charge in [0.25, 0.3) is 0 Å². The van der Waals surface area contributed by atoms with Crippen LogP contribution in [0, 0.1) is 5.82 Å². The lowest BCUT2D eigenvalue weighted by Gasteiger charge is -2.07. The fourth-order valence-corrected chi connectivity index (χ4v) is 1.99. The van der Waals surface area contributed by atoms with Gasteiger partial charge in [-0.25, -0.2) is 9.37 Å². The largest absolute Gasteiger partial charge is 0.435 e. The van der Waals surface area contributed by atoms with Gasteiger partial charge in [-0.15, -0.1) is 0 Å². The van der Waals surface area contributed by atoms with Crippen LogP contribution in [0.4, 0.5) is 17.6 Å². The summed E-state index contributed by atoms with van der Waals surface area (Å²) in [6.07, 6.45) is -0.615. The molecule has 0 fully saturated rings. The molecular weight excluding hydrogens is 274 g/mol. The van der Waals surface area contributed by atoms with Gasteiger partial charge in [-0.2, -0.15) is 13.2 Å². The summed E-state index contributed by atoms with van der Waals surface area (Å²) in [7, 11) is 0. The van der Waals surface area contributed by atoms with Gasteiger partial charge in [-0.05, 0) is 24.3 Å². The van der Waals surface area contributed by atoms with Crippen LogP contribution >= 0.6 is 0 Å². The molecule has 1 aromatic carbocycles. The fourth-order valence-electron chi connectivity index (χ4n) is 1.99. The van der Waals surface area contributed by atoms with Crippen molar-refractivity contribution in [2.75, 3.05) is 0 Å². The van der Waals surface area contributed by atoms with Crippen molar-refractivity contribution in [3.63, 3.8) is 0 Å². The van der Waals surface area contributed by atoms with E-state index in [0.29, 0.717) is 0 Å². The highest BCUT2D eigenvalue weighted by Crippen LogP contribution is 2.36. The van der Waals surface area contributed by atoms with E-state index in [9.17, 15) is 17.6 Å². The summed E-state index contributed by atoms with van der Waals surface area (Å²) in [5.41, 5.74) is -0.830. The Morgan fingerprint density at radius 1 is 1.05 bits per heavy atom. The topological polar surface area (TPSA) is 30.2 Å². The first-order chi connectivity index (χ1) is 9.47. The number of alkyl halides is 3. The zero-order valence-electron chi connectivity index (χ0n) is 9.89.